The summed E-state index contributed by atoms with van der Waals surface area (Å²) in [5.74, 6) is -3.85. The Balaban J connectivity index is 3.41. The lowest BCUT2D eigenvalue weighted by molar-refractivity contribution is -0.187. The summed E-state index contributed by atoms with van der Waals surface area (Å²) >= 11 is 0. The van der Waals surface area contributed by atoms with Crippen molar-refractivity contribution in [1.82, 2.24) is 5.32 Å². The first-order valence-electron chi connectivity index (χ1n) is 8.93. The van der Waals surface area contributed by atoms with Crippen LogP contribution in [0.4, 0.5) is 0 Å². The zero-order chi connectivity index (χ0) is 23.0. The fraction of sp³-hybridized carbons (Fsp3) is 0.611. The van der Waals surface area contributed by atoms with E-state index in [4.69, 9.17) is 24.7 Å². The summed E-state index contributed by atoms with van der Waals surface area (Å²) in [6.45, 7) is 4.08. The number of methoxy groups -OCH3 is 1. The monoisotopic (exact) mass is 430 g/mol. The Bertz CT molecular complexity index is 720. The standard InChI is InChI=1S/C18H26N2O10/c1-8(21)20-15-12(19)6-13(18(25)26-5)30-17(15)16(29-11(4)24)14(28-10(3)23)7-27-9(2)22/h6,12,14-17H,7,19H2,1-5H3,(H,20,21). The topological polar surface area (TPSA) is 170 Å². The van der Waals surface area contributed by atoms with E-state index in [1.54, 1.807) is 0 Å². The molecule has 0 spiro atoms. The number of hydrogen-bond donors (Lipinski definition) is 2. The normalized spacial score (nSPS) is 22.3. The highest BCUT2D eigenvalue weighted by Crippen LogP contribution is 2.26. The maximum atomic E-state index is 12.0. The van der Waals surface area contributed by atoms with Crippen molar-refractivity contribution in [2.24, 2.45) is 5.73 Å². The largest absolute Gasteiger partial charge is 0.477 e. The summed E-state index contributed by atoms with van der Waals surface area (Å²) in [6.07, 6.45) is -2.77. The minimum atomic E-state index is -1.40. The second-order valence-electron chi connectivity index (χ2n) is 6.43. The van der Waals surface area contributed by atoms with Crippen LogP contribution in [0.2, 0.25) is 0 Å². The first-order chi connectivity index (χ1) is 14.0. The molecule has 0 fully saturated rings. The van der Waals surface area contributed by atoms with Gasteiger partial charge in [0.2, 0.25) is 11.7 Å². The van der Waals surface area contributed by atoms with Crippen LogP contribution in [-0.4, -0.2) is 73.9 Å². The van der Waals surface area contributed by atoms with E-state index in [0.29, 0.717) is 0 Å². The zero-order valence-electron chi connectivity index (χ0n) is 17.3. The first kappa shape index (κ1) is 24.9. The average molecular weight is 430 g/mol. The van der Waals surface area contributed by atoms with Crippen LogP contribution in [0.25, 0.3) is 0 Å². The number of hydrogen-bond acceptors (Lipinski definition) is 11. The minimum absolute atomic E-state index is 0.289. The van der Waals surface area contributed by atoms with Gasteiger partial charge in [0, 0.05) is 27.7 Å². The predicted octanol–water partition coefficient (Wildman–Crippen LogP) is -1.30. The number of nitrogens with two attached hydrogens (primary N) is 1. The van der Waals surface area contributed by atoms with Crippen molar-refractivity contribution < 1.29 is 47.7 Å². The highest BCUT2D eigenvalue weighted by atomic mass is 16.6. The van der Waals surface area contributed by atoms with Crippen LogP contribution in [0.3, 0.4) is 0 Å². The van der Waals surface area contributed by atoms with Gasteiger partial charge >= 0.3 is 23.9 Å². The number of amides is 1. The molecule has 12 nitrogen and oxygen atoms in total. The van der Waals surface area contributed by atoms with Crippen molar-refractivity contribution in [3.8, 4) is 0 Å². The Labute approximate surface area is 173 Å². The Morgan fingerprint density at radius 2 is 1.67 bits per heavy atom. The van der Waals surface area contributed by atoms with Gasteiger partial charge in [0.25, 0.3) is 0 Å². The van der Waals surface area contributed by atoms with Crippen LogP contribution in [0.1, 0.15) is 27.7 Å². The smallest absolute Gasteiger partial charge is 0.373 e. The van der Waals surface area contributed by atoms with E-state index < -0.39 is 66.8 Å². The average Bonchev–Trinajstić information content (AvgIpc) is 2.63. The molecule has 168 valence electrons. The van der Waals surface area contributed by atoms with E-state index in [-0.39, 0.29) is 5.76 Å². The lowest BCUT2D eigenvalue weighted by atomic mass is 9.92. The van der Waals surface area contributed by atoms with Crippen LogP contribution in [0, 0.1) is 0 Å². The maximum absolute atomic E-state index is 12.0. The molecule has 3 N–H and O–H groups in total. The maximum Gasteiger partial charge on any atom is 0.373 e. The van der Waals surface area contributed by atoms with E-state index in [2.05, 4.69) is 10.1 Å². The van der Waals surface area contributed by atoms with Gasteiger partial charge in [-0.2, -0.15) is 0 Å². The summed E-state index contributed by atoms with van der Waals surface area (Å²) < 4.78 is 25.6. The molecule has 30 heavy (non-hydrogen) atoms. The Hall–Kier alpha value is -3.15. The predicted molar refractivity (Wildman–Crippen MR) is 98.3 cm³/mol. The van der Waals surface area contributed by atoms with Gasteiger partial charge in [0.15, 0.2) is 18.3 Å². The van der Waals surface area contributed by atoms with Crippen molar-refractivity contribution in [2.75, 3.05) is 13.7 Å². The third-order valence-electron chi connectivity index (χ3n) is 3.89. The number of carbonyl (C=O) groups is 5. The van der Waals surface area contributed by atoms with Gasteiger partial charge < -0.3 is 34.7 Å². The fourth-order valence-corrected chi connectivity index (χ4v) is 2.81. The van der Waals surface area contributed by atoms with Crippen molar-refractivity contribution in [2.45, 2.75) is 58.1 Å². The molecule has 0 radical (unpaired) electrons. The summed E-state index contributed by atoms with van der Waals surface area (Å²) in [4.78, 5) is 58.3. The summed E-state index contributed by atoms with van der Waals surface area (Å²) in [6, 6.07) is -1.94. The molecule has 0 saturated carbocycles. The molecule has 0 saturated heterocycles. The molecular formula is C18H26N2O10. The van der Waals surface area contributed by atoms with Crippen molar-refractivity contribution in [3.63, 3.8) is 0 Å². The molecule has 12 heteroatoms. The zero-order valence-corrected chi connectivity index (χ0v) is 17.3. The SMILES string of the molecule is COC(=O)C1=CC(N)C(NC(C)=O)C(C(OC(C)=O)C(COC(C)=O)OC(C)=O)O1. The van der Waals surface area contributed by atoms with Gasteiger partial charge in [-0.3, -0.25) is 19.2 Å². The van der Waals surface area contributed by atoms with Gasteiger partial charge in [-0.05, 0) is 6.08 Å². The first-order valence-corrected chi connectivity index (χ1v) is 8.93. The summed E-state index contributed by atoms with van der Waals surface area (Å²) in [5.41, 5.74) is 6.08. The van der Waals surface area contributed by atoms with E-state index in [1.807, 2.05) is 0 Å². The van der Waals surface area contributed by atoms with Crippen molar-refractivity contribution >= 4 is 29.8 Å². The highest BCUT2D eigenvalue weighted by molar-refractivity contribution is 5.86. The number of carbonyl (C=O) groups excluding carboxylic acids is 5. The molecule has 1 aliphatic heterocycles. The highest BCUT2D eigenvalue weighted by Gasteiger charge is 2.47. The molecule has 5 unspecified atom stereocenters. The molecule has 5 atom stereocenters. The van der Waals surface area contributed by atoms with E-state index in [0.717, 1.165) is 27.9 Å². The molecule has 1 amide bonds. The lowest BCUT2D eigenvalue weighted by Gasteiger charge is -2.40. The number of esters is 4. The molecule has 0 aliphatic carbocycles. The van der Waals surface area contributed by atoms with E-state index in [9.17, 15) is 24.0 Å². The van der Waals surface area contributed by atoms with Gasteiger partial charge in [0.1, 0.15) is 6.61 Å². The number of ether oxygens (including phenoxy) is 5. The lowest BCUT2D eigenvalue weighted by Crippen LogP contribution is -2.63. The molecule has 1 heterocycles. The minimum Gasteiger partial charge on any atom is -0.477 e. The van der Waals surface area contributed by atoms with Gasteiger partial charge in [-0.15, -0.1) is 0 Å². The molecule has 0 aromatic carbocycles. The number of rotatable bonds is 8. The van der Waals surface area contributed by atoms with E-state index in [1.165, 1.54) is 13.0 Å². The Kier molecular flexibility index (Phi) is 9.24. The van der Waals surface area contributed by atoms with Crippen molar-refractivity contribution in [1.29, 1.82) is 0 Å². The number of nitrogens with one attached hydrogen (secondary N) is 1. The summed E-state index contributed by atoms with van der Waals surface area (Å²) in [5, 5.41) is 2.56. The Morgan fingerprint density at radius 3 is 2.13 bits per heavy atom. The van der Waals surface area contributed by atoms with Crippen LogP contribution in [-0.2, 0) is 47.7 Å². The second kappa shape index (κ2) is 11.1. The van der Waals surface area contributed by atoms with E-state index >= 15 is 0 Å². The van der Waals surface area contributed by atoms with Crippen LogP contribution < -0.4 is 11.1 Å². The van der Waals surface area contributed by atoms with Gasteiger partial charge in [0.05, 0.1) is 19.2 Å². The van der Waals surface area contributed by atoms with Gasteiger partial charge in [-0.1, -0.05) is 0 Å². The van der Waals surface area contributed by atoms with Crippen molar-refractivity contribution in [3.05, 3.63) is 11.8 Å². The molecular weight excluding hydrogens is 404 g/mol. The molecule has 0 aromatic heterocycles. The quantitative estimate of drug-likeness (QED) is 0.346. The molecule has 0 aromatic rings. The third kappa shape index (κ3) is 7.35. The Morgan fingerprint density at radius 1 is 1.07 bits per heavy atom. The second-order valence-corrected chi connectivity index (χ2v) is 6.43. The van der Waals surface area contributed by atoms with Crippen LogP contribution >= 0.6 is 0 Å². The third-order valence-corrected chi connectivity index (χ3v) is 3.89. The fourth-order valence-electron chi connectivity index (χ4n) is 2.81. The van der Waals surface area contributed by atoms with Crippen LogP contribution in [0.15, 0.2) is 11.8 Å². The summed E-state index contributed by atoms with van der Waals surface area (Å²) in [7, 11) is 1.12. The van der Waals surface area contributed by atoms with Gasteiger partial charge in [-0.25, -0.2) is 4.79 Å². The molecule has 0 bridgehead atoms. The van der Waals surface area contributed by atoms with Crippen LogP contribution in [0.5, 0.6) is 0 Å². The molecule has 1 rings (SSSR count). The molecule has 1 aliphatic rings.